The molecule has 2 amide bonds. The van der Waals surface area contributed by atoms with Gasteiger partial charge >= 0.3 is 0 Å². The third-order valence-electron chi connectivity index (χ3n) is 4.16. The van der Waals surface area contributed by atoms with Gasteiger partial charge in [-0.2, -0.15) is 4.31 Å². The van der Waals surface area contributed by atoms with Gasteiger partial charge in [0.25, 0.3) is 15.9 Å². The van der Waals surface area contributed by atoms with E-state index in [1.54, 1.807) is 24.0 Å². The maximum absolute atomic E-state index is 12.6. The van der Waals surface area contributed by atoms with Gasteiger partial charge < -0.3 is 14.6 Å². The SMILES string of the molecule is C[C@H](NC(=O)c1ccco1)C(=O)N1CCN(S(=O)(=O)c2ccc(Cl)s2)CC1. The number of nitrogens with one attached hydrogen (secondary N) is 1. The highest BCUT2D eigenvalue weighted by atomic mass is 35.5. The molecule has 1 saturated heterocycles. The predicted octanol–water partition coefficient (Wildman–Crippen LogP) is 1.65. The van der Waals surface area contributed by atoms with Crippen LogP contribution < -0.4 is 5.32 Å². The van der Waals surface area contributed by atoms with E-state index in [1.165, 1.54) is 22.7 Å². The molecule has 0 aliphatic carbocycles. The van der Waals surface area contributed by atoms with E-state index in [0.29, 0.717) is 4.34 Å². The number of carbonyl (C=O) groups excluding carboxylic acids is 2. The molecule has 1 aliphatic rings. The summed E-state index contributed by atoms with van der Waals surface area (Å²) >= 11 is 6.83. The molecule has 3 heterocycles. The Morgan fingerprint density at radius 3 is 2.48 bits per heavy atom. The zero-order valence-corrected chi connectivity index (χ0v) is 16.8. The summed E-state index contributed by atoms with van der Waals surface area (Å²) in [7, 11) is -3.61. The fraction of sp³-hybridized carbons (Fsp3) is 0.375. The number of amides is 2. The normalized spacial score (nSPS) is 16.9. The Morgan fingerprint density at radius 1 is 1.22 bits per heavy atom. The summed E-state index contributed by atoms with van der Waals surface area (Å²) in [5, 5.41) is 2.58. The lowest BCUT2D eigenvalue weighted by Gasteiger charge is -2.35. The lowest BCUT2D eigenvalue weighted by molar-refractivity contribution is -0.134. The van der Waals surface area contributed by atoms with Gasteiger partial charge in [0.05, 0.1) is 10.6 Å². The Morgan fingerprint density at radius 2 is 1.93 bits per heavy atom. The number of furan rings is 1. The summed E-state index contributed by atoms with van der Waals surface area (Å²) < 4.78 is 32.1. The molecule has 0 bridgehead atoms. The Bertz CT molecular complexity index is 918. The lowest BCUT2D eigenvalue weighted by Crippen LogP contribution is -2.55. The first-order valence-electron chi connectivity index (χ1n) is 8.17. The number of carbonyl (C=O) groups is 2. The molecule has 146 valence electrons. The number of piperazine rings is 1. The molecule has 2 aromatic rings. The number of hydrogen-bond acceptors (Lipinski definition) is 6. The Labute approximate surface area is 165 Å². The summed E-state index contributed by atoms with van der Waals surface area (Å²) in [6.07, 6.45) is 1.38. The van der Waals surface area contributed by atoms with Crippen LogP contribution in [-0.2, 0) is 14.8 Å². The zero-order chi connectivity index (χ0) is 19.6. The first-order chi connectivity index (χ1) is 12.8. The van der Waals surface area contributed by atoms with Crippen molar-refractivity contribution >= 4 is 44.8 Å². The van der Waals surface area contributed by atoms with Gasteiger partial charge in [-0.15, -0.1) is 11.3 Å². The van der Waals surface area contributed by atoms with Gasteiger partial charge in [0, 0.05) is 26.2 Å². The average molecular weight is 432 g/mol. The van der Waals surface area contributed by atoms with Gasteiger partial charge in [0.1, 0.15) is 10.3 Å². The zero-order valence-electron chi connectivity index (χ0n) is 14.4. The van der Waals surface area contributed by atoms with Crippen LogP contribution >= 0.6 is 22.9 Å². The van der Waals surface area contributed by atoms with Gasteiger partial charge in [-0.3, -0.25) is 9.59 Å². The van der Waals surface area contributed by atoms with Crippen LogP contribution in [0.4, 0.5) is 0 Å². The van der Waals surface area contributed by atoms with Crippen LogP contribution in [0.2, 0.25) is 4.34 Å². The molecule has 2 aromatic heterocycles. The topological polar surface area (TPSA) is 99.9 Å². The van der Waals surface area contributed by atoms with E-state index in [1.807, 2.05) is 0 Å². The van der Waals surface area contributed by atoms with Crippen LogP contribution in [0.25, 0.3) is 0 Å². The van der Waals surface area contributed by atoms with Crippen molar-refractivity contribution in [2.45, 2.75) is 17.2 Å². The van der Waals surface area contributed by atoms with Crippen LogP contribution in [0.15, 0.2) is 39.2 Å². The molecule has 3 rings (SSSR count). The van der Waals surface area contributed by atoms with E-state index in [9.17, 15) is 18.0 Å². The molecule has 0 spiro atoms. The van der Waals surface area contributed by atoms with Crippen molar-refractivity contribution in [3.05, 3.63) is 40.6 Å². The molecular formula is C16H18ClN3O5S2. The minimum absolute atomic E-state index is 0.125. The second-order valence-electron chi connectivity index (χ2n) is 5.96. The molecule has 1 aliphatic heterocycles. The summed E-state index contributed by atoms with van der Waals surface area (Å²) in [6, 6.07) is 5.37. The number of sulfonamides is 1. The summed E-state index contributed by atoms with van der Waals surface area (Å²) in [6.45, 7) is 2.45. The van der Waals surface area contributed by atoms with Crippen molar-refractivity contribution in [3.8, 4) is 0 Å². The van der Waals surface area contributed by atoms with E-state index < -0.39 is 22.0 Å². The van der Waals surface area contributed by atoms with Gasteiger partial charge in [0.15, 0.2) is 5.76 Å². The molecule has 8 nitrogen and oxygen atoms in total. The fourth-order valence-electron chi connectivity index (χ4n) is 2.72. The highest BCUT2D eigenvalue weighted by molar-refractivity contribution is 7.91. The maximum atomic E-state index is 12.6. The molecule has 1 N–H and O–H groups in total. The monoisotopic (exact) mass is 431 g/mol. The van der Waals surface area contributed by atoms with Crippen molar-refractivity contribution in [1.82, 2.24) is 14.5 Å². The van der Waals surface area contributed by atoms with E-state index in [0.717, 1.165) is 11.3 Å². The molecule has 27 heavy (non-hydrogen) atoms. The van der Waals surface area contributed by atoms with Gasteiger partial charge in [-0.25, -0.2) is 8.42 Å². The number of halogens is 1. The standard InChI is InChI=1S/C16H18ClN3O5S2/c1-11(18-15(21)12-3-2-10-25-12)16(22)19-6-8-20(9-7-19)27(23,24)14-5-4-13(17)26-14/h2-5,10-11H,6-9H2,1H3,(H,18,21)/t11-/m0/s1. The third kappa shape index (κ3) is 4.34. The summed E-state index contributed by atoms with van der Waals surface area (Å²) in [4.78, 5) is 26.0. The van der Waals surface area contributed by atoms with Crippen LogP contribution in [0.1, 0.15) is 17.5 Å². The van der Waals surface area contributed by atoms with E-state index in [4.69, 9.17) is 16.0 Å². The fourth-order valence-corrected chi connectivity index (χ4v) is 5.78. The first-order valence-corrected chi connectivity index (χ1v) is 10.8. The highest BCUT2D eigenvalue weighted by Gasteiger charge is 2.32. The van der Waals surface area contributed by atoms with Gasteiger partial charge in [-0.05, 0) is 31.2 Å². The lowest BCUT2D eigenvalue weighted by atomic mass is 10.2. The third-order valence-corrected chi connectivity index (χ3v) is 7.75. The Balaban J connectivity index is 1.56. The molecular weight excluding hydrogens is 414 g/mol. The van der Waals surface area contributed by atoms with E-state index >= 15 is 0 Å². The number of hydrogen-bond donors (Lipinski definition) is 1. The summed E-state index contributed by atoms with van der Waals surface area (Å²) in [5.41, 5.74) is 0. The van der Waals surface area contributed by atoms with Crippen molar-refractivity contribution < 1.29 is 22.4 Å². The molecule has 1 fully saturated rings. The van der Waals surface area contributed by atoms with Crippen LogP contribution in [0.5, 0.6) is 0 Å². The molecule has 1 atom stereocenters. The number of nitrogens with zero attached hydrogens (tertiary/aromatic N) is 2. The molecule has 11 heteroatoms. The van der Waals surface area contributed by atoms with Gasteiger partial charge in [-0.1, -0.05) is 11.6 Å². The molecule has 0 radical (unpaired) electrons. The molecule has 0 aromatic carbocycles. The molecule has 0 saturated carbocycles. The second kappa shape index (κ2) is 8.01. The first kappa shape index (κ1) is 19.9. The van der Waals surface area contributed by atoms with Crippen molar-refractivity contribution in [2.24, 2.45) is 0 Å². The molecule has 0 unspecified atom stereocenters. The largest absolute Gasteiger partial charge is 0.459 e. The smallest absolute Gasteiger partial charge is 0.287 e. The van der Waals surface area contributed by atoms with Crippen LogP contribution in [0, 0.1) is 0 Å². The minimum Gasteiger partial charge on any atom is -0.459 e. The Kier molecular flexibility index (Phi) is 5.89. The average Bonchev–Trinajstić information content (AvgIpc) is 3.33. The Hall–Kier alpha value is -1.88. The van der Waals surface area contributed by atoms with Gasteiger partial charge in [0.2, 0.25) is 5.91 Å². The summed E-state index contributed by atoms with van der Waals surface area (Å²) in [5.74, 6) is -0.622. The quantitative estimate of drug-likeness (QED) is 0.775. The maximum Gasteiger partial charge on any atom is 0.287 e. The van der Waals surface area contributed by atoms with E-state index in [-0.39, 0.29) is 42.1 Å². The van der Waals surface area contributed by atoms with Crippen molar-refractivity contribution in [3.63, 3.8) is 0 Å². The number of rotatable bonds is 5. The van der Waals surface area contributed by atoms with Crippen molar-refractivity contribution in [1.29, 1.82) is 0 Å². The predicted molar refractivity (Wildman–Crippen MR) is 100 cm³/mol. The minimum atomic E-state index is -3.61. The number of thiophene rings is 1. The highest BCUT2D eigenvalue weighted by Crippen LogP contribution is 2.28. The van der Waals surface area contributed by atoms with Crippen LogP contribution in [0.3, 0.4) is 0 Å². The van der Waals surface area contributed by atoms with Crippen molar-refractivity contribution in [2.75, 3.05) is 26.2 Å². The van der Waals surface area contributed by atoms with E-state index in [2.05, 4.69) is 5.32 Å². The second-order valence-corrected chi connectivity index (χ2v) is 9.84. The van der Waals surface area contributed by atoms with Crippen LogP contribution in [-0.4, -0.2) is 61.7 Å².